The fourth-order valence-electron chi connectivity index (χ4n) is 3.25. The molecule has 0 spiro atoms. The van der Waals surface area contributed by atoms with E-state index in [1.165, 1.54) is 0 Å². The van der Waals surface area contributed by atoms with Crippen LogP contribution in [0.25, 0.3) is 5.76 Å². The first kappa shape index (κ1) is 17.6. The lowest BCUT2D eigenvalue weighted by molar-refractivity contribution is 0.489. The van der Waals surface area contributed by atoms with Gasteiger partial charge < -0.3 is 4.74 Å². The number of rotatable bonds is 4. The van der Waals surface area contributed by atoms with Gasteiger partial charge in [-0.15, -0.1) is 0 Å². The molecule has 0 bridgehead atoms. The monoisotopic (exact) mass is 373 g/mol. The zero-order valence-electron chi connectivity index (χ0n) is 15.1. The second kappa shape index (κ2) is 7.42. The zero-order valence-corrected chi connectivity index (χ0v) is 15.9. The van der Waals surface area contributed by atoms with Gasteiger partial charge in [0.05, 0.1) is 12.0 Å². The number of hydrogen-bond acceptors (Lipinski definition) is 2. The Kier molecular flexibility index (Phi) is 4.83. The molecule has 134 valence electrons. The molecule has 3 aromatic rings. The van der Waals surface area contributed by atoms with Gasteiger partial charge in [0, 0.05) is 10.6 Å². The minimum atomic E-state index is -0.440. The van der Waals surface area contributed by atoms with Gasteiger partial charge in [0.2, 0.25) is 5.90 Å². The minimum Gasteiger partial charge on any atom is -0.442 e. The third-order valence-corrected chi connectivity index (χ3v) is 5.07. The number of benzene rings is 3. The van der Waals surface area contributed by atoms with Crippen LogP contribution >= 0.6 is 11.6 Å². The van der Waals surface area contributed by atoms with Crippen molar-refractivity contribution in [1.82, 2.24) is 0 Å². The lowest BCUT2D eigenvalue weighted by Crippen LogP contribution is -2.27. The van der Waals surface area contributed by atoms with E-state index in [0.717, 1.165) is 27.5 Å². The first-order chi connectivity index (χ1) is 13.1. The molecule has 0 fully saturated rings. The normalized spacial score (nSPS) is 20.4. The molecule has 27 heavy (non-hydrogen) atoms. The maximum Gasteiger partial charge on any atom is 0.204 e. The van der Waals surface area contributed by atoms with Crippen LogP contribution in [0.1, 0.15) is 23.6 Å². The fourth-order valence-corrected chi connectivity index (χ4v) is 3.38. The van der Waals surface area contributed by atoms with Crippen LogP contribution in [-0.2, 0) is 16.7 Å². The van der Waals surface area contributed by atoms with Gasteiger partial charge >= 0.3 is 0 Å². The maximum absolute atomic E-state index is 6.25. The summed E-state index contributed by atoms with van der Waals surface area (Å²) in [7, 11) is 0. The number of halogens is 1. The molecule has 1 unspecified atom stereocenters. The van der Waals surface area contributed by atoms with Crippen molar-refractivity contribution in [2.75, 3.05) is 0 Å². The van der Waals surface area contributed by atoms with E-state index in [0.29, 0.717) is 12.4 Å². The standard InChI is InChI=1S/C24H20ClNO/c1-24(20-12-14-21(25)15-13-20)16-22(19-10-6-3-7-11-19)27-23(24)26-17-18-8-4-2-5-9-18/h2-16H,17H2,1H3. The SMILES string of the molecule is CC1(c2ccc(Cl)cc2)C=C(c2ccccc2)OC1=NCc1ccccc1. The largest absolute Gasteiger partial charge is 0.442 e. The van der Waals surface area contributed by atoms with Crippen LogP contribution in [0.15, 0.2) is 96.0 Å². The quantitative estimate of drug-likeness (QED) is 0.528. The van der Waals surface area contributed by atoms with Crippen molar-refractivity contribution < 1.29 is 4.74 Å². The molecule has 1 atom stereocenters. The van der Waals surface area contributed by atoms with Crippen LogP contribution in [-0.4, -0.2) is 5.90 Å². The number of hydrogen-bond donors (Lipinski definition) is 0. The van der Waals surface area contributed by atoms with Crippen molar-refractivity contribution in [2.24, 2.45) is 4.99 Å². The van der Waals surface area contributed by atoms with E-state index in [-0.39, 0.29) is 0 Å². The number of ether oxygens (including phenoxy) is 1. The molecule has 3 aromatic carbocycles. The fraction of sp³-hybridized carbons (Fsp3) is 0.125. The summed E-state index contributed by atoms with van der Waals surface area (Å²) in [6, 6.07) is 28.2. The summed E-state index contributed by atoms with van der Waals surface area (Å²) in [5.41, 5.74) is 2.86. The zero-order chi connectivity index (χ0) is 18.7. The first-order valence-electron chi connectivity index (χ1n) is 8.96. The first-order valence-corrected chi connectivity index (χ1v) is 9.34. The van der Waals surface area contributed by atoms with Gasteiger partial charge in [-0.1, -0.05) is 84.4 Å². The summed E-state index contributed by atoms with van der Waals surface area (Å²) in [6.45, 7) is 2.71. The van der Waals surface area contributed by atoms with Crippen LogP contribution in [0.5, 0.6) is 0 Å². The molecule has 1 aliphatic heterocycles. The highest BCUT2D eigenvalue weighted by Gasteiger charge is 2.39. The molecular weight excluding hydrogens is 354 g/mol. The Morgan fingerprint density at radius 2 is 1.48 bits per heavy atom. The molecule has 1 heterocycles. The lowest BCUT2D eigenvalue weighted by atomic mass is 9.82. The van der Waals surface area contributed by atoms with Gasteiger partial charge in [0.15, 0.2) is 0 Å². The Bertz CT molecular complexity index is 978. The van der Waals surface area contributed by atoms with Gasteiger partial charge in [-0.3, -0.25) is 0 Å². The molecule has 3 heteroatoms. The van der Waals surface area contributed by atoms with Crippen molar-refractivity contribution in [1.29, 1.82) is 0 Å². The van der Waals surface area contributed by atoms with Gasteiger partial charge in [-0.2, -0.15) is 0 Å². The van der Waals surface area contributed by atoms with E-state index >= 15 is 0 Å². The second-order valence-electron chi connectivity index (χ2n) is 6.79. The highest BCUT2D eigenvalue weighted by Crippen LogP contribution is 2.39. The Hall–Kier alpha value is -2.84. The van der Waals surface area contributed by atoms with Crippen molar-refractivity contribution in [3.05, 3.63) is 113 Å². The van der Waals surface area contributed by atoms with Crippen molar-refractivity contribution in [3.63, 3.8) is 0 Å². The Morgan fingerprint density at radius 3 is 2.15 bits per heavy atom. The second-order valence-corrected chi connectivity index (χ2v) is 7.23. The van der Waals surface area contributed by atoms with E-state index in [4.69, 9.17) is 21.3 Å². The molecule has 0 saturated heterocycles. The average Bonchev–Trinajstić information content (AvgIpc) is 3.06. The van der Waals surface area contributed by atoms with Crippen molar-refractivity contribution in [2.45, 2.75) is 18.9 Å². The van der Waals surface area contributed by atoms with Crippen LogP contribution in [0.4, 0.5) is 0 Å². The molecule has 0 saturated carbocycles. The maximum atomic E-state index is 6.25. The van der Waals surface area contributed by atoms with Crippen molar-refractivity contribution in [3.8, 4) is 0 Å². The molecule has 0 amide bonds. The molecular formula is C24H20ClNO. The Balaban J connectivity index is 1.74. The average molecular weight is 374 g/mol. The van der Waals surface area contributed by atoms with Crippen molar-refractivity contribution >= 4 is 23.3 Å². The summed E-state index contributed by atoms with van der Waals surface area (Å²) >= 11 is 6.09. The number of aliphatic imine (C=N–C) groups is 1. The van der Waals surface area contributed by atoms with Crippen LogP contribution in [0.2, 0.25) is 5.02 Å². The summed E-state index contributed by atoms with van der Waals surface area (Å²) in [5, 5.41) is 0.719. The van der Waals surface area contributed by atoms with Gasteiger partial charge in [0.1, 0.15) is 5.76 Å². The van der Waals surface area contributed by atoms with Gasteiger partial charge in [-0.05, 0) is 36.3 Å². The summed E-state index contributed by atoms with van der Waals surface area (Å²) in [6.07, 6.45) is 2.15. The molecule has 0 aromatic heterocycles. The molecule has 4 rings (SSSR count). The highest BCUT2D eigenvalue weighted by molar-refractivity contribution is 6.30. The minimum absolute atomic E-state index is 0.440. The highest BCUT2D eigenvalue weighted by atomic mass is 35.5. The van der Waals surface area contributed by atoms with E-state index in [1.54, 1.807) is 0 Å². The smallest absolute Gasteiger partial charge is 0.204 e. The van der Waals surface area contributed by atoms with E-state index in [9.17, 15) is 0 Å². The van der Waals surface area contributed by atoms with Crippen LogP contribution in [0.3, 0.4) is 0 Å². The molecule has 1 aliphatic rings. The van der Waals surface area contributed by atoms with Gasteiger partial charge in [-0.25, -0.2) is 4.99 Å². The molecule has 2 nitrogen and oxygen atoms in total. The van der Waals surface area contributed by atoms with Crippen LogP contribution < -0.4 is 0 Å². The van der Waals surface area contributed by atoms with E-state index < -0.39 is 5.41 Å². The summed E-state index contributed by atoms with van der Waals surface area (Å²) in [4.78, 5) is 4.83. The molecule has 0 radical (unpaired) electrons. The predicted octanol–water partition coefficient (Wildman–Crippen LogP) is 6.27. The van der Waals surface area contributed by atoms with Crippen LogP contribution in [0, 0.1) is 0 Å². The molecule has 0 aliphatic carbocycles. The third-order valence-electron chi connectivity index (χ3n) is 4.82. The molecule has 0 N–H and O–H groups in total. The summed E-state index contributed by atoms with van der Waals surface area (Å²) in [5.74, 6) is 1.53. The topological polar surface area (TPSA) is 21.6 Å². The third kappa shape index (κ3) is 3.67. The van der Waals surface area contributed by atoms with Gasteiger partial charge in [0.25, 0.3) is 0 Å². The lowest BCUT2D eigenvalue weighted by Gasteiger charge is -2.22. The Morgan fingerprint density at radius 1 is 0.852 bits per heavy atom. The van der Waals surface area contributed by atoms with E-state index in [1.807, 2.05) is 72.8 Å². The number of nitrogens with zero attached hydrogens (tertiary/aromatic N) is 1. The Labute approximate surface area is 164 Å². The predicted molar refractivity (Wildman–Crippen MR) is 112 cm³/mol. The van der Waals surface area contributed by atoms with E-state index in [2.05, 4.69) is 25.1 Å². The summed E-state index contributed by atoms with van der Waals surface area (Å²) < 4.78 is 6.25.